The average molecular weight is 815 g/mol. The minimum atomic E-state index is -0.341. The Morgan fingerprint density at radius 1 is 0.600 bits per heavy atom. The zero-order valence-corrected chi connectivity index (χ0v) is 38.4. The summed E-state index contributed by atoms with van der Waals surface area (Å²) in [7, 11) is 0. The van der Waals surface area contributed by atoms with Gasteiger partial charge in [0.1, 0.15) is 24.3 Å². The fourth-order valence-corrected chi connectivity index (χ4v) is 8.78. The molecule has 9 heteroatoms. The van der Waals surface area contributed by atoms with Gasteiger partial charge in [-0.25, -0.2) is 0 Å². The van der Waals surface area contributed by atoms with Gasteiger partial charge >= 0.3 is 11.9 Å². The molecule has 0 aromatic rings. The largest absolute Gasteiger partial charge is 0.460 e. The normalized spacial score (nSPS) is 20.8. The summed E-state index contributed by atoms with van der Waals surface area (Å²) >= 11 is 3.55. The lowest BCUT2D eigenvalue weighted by Crippen LogP contribution is -2.54. The third kappa shape index (κ3) is 28.6. The molecule has 0 aliphatic carbocycles. The molecule has 7 nitrogen and oxygen atoms in total. The number of cyclic esters (lactones) is 2. The third-order valence-electron chi connectivity index (χ3n) is 11.4. The van der Waals surface area contributed by atoms with Crippen molar-refractivity contribution in [3.05, 3.63) is 0 Å². The van der Waals surface area contributed by atoms with Crippen molar-refractivity contribution in [3.63, 3.8) is 0 Å². The predicted molar refractivity (Wildman–Crippen MR) is 241 cm³/mol. The summed E-state index contributed by atoms with van der Waals surface area (Å²) in [6.45, 7) is 9.00. The lowest BCUT2D eigenvalue weighted by Gasteiger charge is -2.39. The number of β-amino-alcohol motifs (C(OH)–C–C–N with tert-alkyl or cyclic N) is 1. The smallest absolute Gasteiger partial charge is 0.323 e. The number of esters is 2. The van der Waals surface area contributed by atoms with E-state index in [2.05, 4.69) is 43.5 Å². The fraction of sp³-hybridized carbons (Fsp3) is 0.957. The van der Waals surface area contributed by atoms with Crippen molar-refractivity contribution in [1.82, 2.24) is 10.2 Å². The fourth-order valence-electron chi connectivity index (χ4n) is 7.85. The second-order valence-electron chi connectivity index (χ2n) is 16.6. The number of hydrogen-bond acceptors (Lipinski definition) is 9. The van der Waals surface area contributed by atoms with Gasteiger partial charge in [0.15, 0.2) is 0 Å². The maximum absolute atomic E-state index is 12.8. The monoisotopic (exact) mass is 815 g/mol. The van der Waals surface area contributed by atoms with Crippen LogP contribution in [0.2, 0.25) is 0 Å². The first kappa shape index (κ1) is 52.5. The number of nitrogens with zero attached hydrogens (tertiary/aromatic N) is 1. The van der Waals surface area contributed by atoms with Crippen molar-refractivity contribution in [3.8, 4) is 0 Å². The molecule has 5 unspecified atom stereocenters. The Labute approximate surface area is 349 Å². The number of rotatable bonds is 35. The Morgan fingerprint density at radius 2 is 1.04 bits per heavy atom. The van der Waals surface area contributed by atoms with Gasteiger partial charge in [0.2, 0.25) is 0 Å². The van der Waals surface area contributed by atoms with E-state index in [0.717, 1.165) is 69.5 Å². The van der Waals surface area contributed by atoms with E-state index in [1.54, 1.807) is 23.5 Å². The molecule has 2 aliphatic rings. The van der Waals surface area contributed by atoms with Gasteiger partial charge in [0, 0.05) is 19.6 Å². The summed E-state index contributed by atoms with van der Waals surface area (Å²) in [6, 6.07) is -0.261. The number of hydrogen-bond donors (Lipinski definition) is 2. The number of unbranched alkanes of at least 4 members (excludes halogenated alkanes) is 21. The molecule has 2 rings (SSSR count). The third-order valence-corrected chi connectivity index (χ3v) is 12.7. The molecular weight excluding hydrogens is 725 g/mol. The maximum atomic E-state index is 12.8. The first-order chi connectivity index (χ1) is 26.9. The van der Waals surface area contributed by atoms with E-state index in [9.17, 15) is 14.7 Å². The van der Waals surface area contributed by atoms with E-state index in [1.165, 1.54) is 141 Å². The van der Waals surface area contributed by atoms with Crippen molar-refractivity contribution in [2.75, 3.05) is 43.7 Å². The minimum Gasteiger partial charge on any atom is -0.460 e. The number of thioether (sulfide) groups is 2. The topological polar surface area (TPSA) is 88.1 Å². The van der Waals surface area contributed by atoms with Crippen LogP contribution in [0.3, 0.4) is 0 Å². The zero-order chi connectivity index (χ0) is 40.2. The predicted octanol–water partition coefficient (Wildman–Crippen LogP) is 11.9. The van der Waals surface area contributed by atoms with Gasteiger partial charge in [-0.2, -0.15) is 23.5 Å². The lowest BCUT2D eigenvalue weighted by atomic mass is 10.0. The highest BCUT2D eigenvalue weighted by atomic mass is 32.2. The number of morpholine rings is 2. The molecule has 0 amide bonds. The van der Waals surface area contributed by atoms with Crippen molar-refractivity contribution in [1.29, 1.82) is 0 Å². The first-order valence-electron chi connectivity index (χ1n) is 23.4. The molecule has 2 aliphatic heterocycles. The van der Waals surface area contributed by atoms with Crippen molar-refractivity contribution in [2.24, 2.45) is 0 Å². The van der Waals surface area contributed by atoms with E-state index in [1.807, 2.05) is 0 Å². The van der Waals surface area contributed by atoms with Crippen LogP contribution in [0.1, 0.15) is 207 Å². The summed E-state index contributed by atoms with van der Waals surface area (Å²) in [5.41, 5.74) is 0. The Bertz CT molecular complexity index is 881. The second kappa shape index (κ2) is 37.8. The molecule has 55 heavy (non-hydrogen) atoms. The SMILES string of the molecule is CCCCCCCCCCC(O)CN1CC(CCCCCCCCCC)OC(=O)C1CCSC.CCCCCCCCCCC1CNC(CCSC)C(=O)O1. The van der Waals surface area contributed by atoms with E-state index >= 15 is 0 Å². The molecule has 326 valence electrons. The highest BCUT2D eigenvalue weighted by Gasteiger charge is 2.36. The minimum absolute atomic E-state index is 0.00607. The van der Waals surface area contributed by atoms with Crippen LogP contribution < -0.4 is 5.32 Å². The highest BCUT2D eigenvalue weighted by molar-refractivity contribution is 7.98. The molecule has 0 aromatic heterocycles. The molecule has 0 saturated carbocycles. The summed E-state index contributed by atoms with van der Waals surface area (Å²) in [5, 5.41) is 14.1. The average Bonchev–Trinajstić information content (AvgIpc) is 3.17. The zero-order valence-electron chi connectivity index (χ0n) is 36.8. The van der Waals surface area contributed by atoms with Crippen molar-refractivity contribution in [2.45, 2.75) is 237 Å². The van der Waals surface area contributed by atoms with E-state index in [-0.39, 0.29) is 42.3 Å². The lowest BCUT2D eigenvalue weighted by molar-refractivity contribution is -0.168. The van der Waals surface area contributed by atoms with Gasteiger partial charge < -0.3 is 19.9 Å². The van der Waals surface area contributed by atoms with Crippen LogP contribution in [0.25, 0.3) is 0 Å². The van der Waals surface area contributed by atoms with E-state index < -0.39 is 0 Å². The van der Waals surface area contributed by atoms with Gasteiger partial charge in [-0.15, -0.1) is 0 Å². The molecule has 2 N–H and O–H groups in total. The van der Waals surface area contributed by atoms with Gasteiger partial charge in [0.25, 0.3) is 0 Å². The molecule has 0 bridgehead atoms. The quantitative estimate of drug-likeness (QED) is 0.0479. The van der Waals surface area contributed by atoms with E-state index in [4.69, 9.17) is 9.47 Å². The van der Waals surface area contributed by atoms with Crippen LogP contribution in [0.4, 0.5) is 0 Å². The number of aliphatic hydroxyl groups is 1. The second-order valence-corrected chi connectivity index (χ2v) is 18.5. The Morgan fingerprint density at radius 3 is 1.53 bits per heavy atom. The van der Waals surface area contributed by atoms with Gasteiger partial charge in [-0.1, -0.05) is 162 Å². The van der Waals surface area contributed by atoms with Crippen LogP contribution in [-0.2, 0) is 19.1 Å². The Kier molecular flexibility index (Phi) is 36.1. The van der Waals surface area contributed by atoms with Crippen LogP contribution in [0, 0.1) is 0 Å². The molecule has 2 saturated heterocycles. The summed E-state index contributed by atoms with van der Waals surface area (Å²) < 4.78 is 11.4. The number of nitrogens with one attached hydrogen (secondary N) is 1. The molecule has 5 atom stereocenters. The van der Waals surface area contributed by atoms with Crippen molar-refractivity contribution < 1.29 is 24.2 Å². The van der Waals surface area contributed by atoms with Crippen LogP contribution in [-0.4, -0.2) is 96.0 Å². The number of ether oxygens (including phenoxy) is 2. The Balaban J connectivity index is 0.000000615. The number of aliphatic hydroxyl groups excluding tert-OH is 1. The first-order valence-corrected chi connectivity index (χ1v) is 26.2. The van der Waals surface area contributed by atoms with Gasteiger partial charge in [-0.05, 0) is 69.0 Å². The van der Waals surface area contributed by atoms with Gasteiger partial charge in [-0.3, -0.25) is 14.5 Å². The maximum Gasteiger partial charge on any atom is 0.323 e. The van der Waals surface area contributed by atoms with Crippen LogP contribution in [0.15, 0.2) is 0 Å². The van der Waals surface area contributed by atoms with Gasteiger partial charge in [0.05, 0.1) is 6.10 Å². The van der Waals surface area contributed by atoms with E-state index in [0.29, 0.717) is 6.54 Å². The molecule has 2 heterocycles. The number of carbonyl (C=O) groups is 2. The standard InChI is InChI=1S/C29H57NO3S.C17H33NO2S/c1-4-6-8-10-12-14-16-18-20-26(31)24-30-25-27(33-29(32)28(30)22-23-34-3)21-19-17-15-13-11-9-7-5-2;1-3-4-5-6-7-8-9-10-11-15-14-18-16(12-13-21-2)17(19)20-15/h26-28,31H,4-25H2,1-3H3;15-16,18H,3-14H2,1-2H3. The summed E-state index contributed by atoms with van der Waals surface area (Å²) in [6.07, 6.45) is 39.7. The molecule has 0 radical (unpaired) electrons. The summed E-state index contributed by atoms with van der Waals surface area (Å²) in [5.74, 6) is 1.85. The number of carbonyl (C=O) groups excluding carboxylic acids is 2. The Hall–Kier alpha value is -0.480. The molecular formula is C46H90N2O5S2. The van der Waals surface area contributed by atoms with Crippen molar-refractivity contribution >= 4 is 35.5 Å². The highest BCUT2D eigenvalue weighted by Crippen LogP contribution is 2.23. The van der Waals surface area contributed by atoms with Crippen LogP contribution >= 0.6 is 23.5 Å². The molecule has 0 aromatic carbocycles. The summed E-state index contributed by atoms with van der Waals surface area (Å²) in [4.78, 5) is 26.9. The molecule has 2 fully saturated rings. The van der Waals surface area contributed by atoms with Crippen LogP contribution in [0.5, 0.6) is 0 Å². The molecule has 0 spiro atoms.